The molecule has 0 aliphatic rings. The highest BCUT2D eigenvalue weighted by Crippen LogP contribution is 2.24. The second kappa shape index (κ2) is 8.19. The molecule has 132 valence electrons. The number of para-hydroxylation sites is 1. The van der Waals surface area contributed by atoms with Crippen molar-refractivity contribution in [2.75, 3.05) is 5.32 Å². The maximum absolute atomic E-state index is 12.8. The normalized spacial score (nSPS) is 10.4. The summed E-state index contributed by atoms with van der Waals surface area (Å²) >= 11 is 3.46. The summed E-state index contributed by atoms with van der Waals surface area (Å²) in [5.41, 5.74) is 4.57. The first-order valence-electron chi connectivity index (χ1n) is 8.38. The van der Waals surface area contributed by atoms with Crippen molar-refractivity contribution in [3.8, 4) is 5.75 Å². The number of rotatable bonds is 5. The molecule has 0 bridgehead atoms. The Labute approximate surface area is 162 Å². The first kappa shape index (κ1) is 18.2. The van der Waals surface area contributed by atoms with Gasteiger partial charge >= 0.3 is 0 Å². The van der Waals surface area contributed by atoms with Crippen LogP contribution >= 0.6 is 15.9 Å². The van der Waals surface area contributed by atoms with Gasteiger partial charge in [0, 0.05) is 10.2 Å². The summed E-state index contributed by atoms with van der Waals surface area (Å²) in [4.78, 5) is 12.8. The van der Waals surface area contributed by atoms with Crippen LogP contribution in [0.1, 0.15) is 27.0 Å². The van der Waals surface area contributed by atoms with Gasteiger partial charge in [-0.2, -0.15) is 0 Å². The molecule has 0 radical (unpaired) electrons. The number of carbonyl (C=O) groups excluding carboxylic acids is 1. The molecular weight excluding hydrogens is 390 g/mol. The fourth-order valence-electron chi connectivity index (χ4n) is 2.64. The molecule has 0 saturated carbocycles. The van der Waals surface area contributed by atoms with E-state index in [1.54, 1.807) is 6.07 Å². The highest BCUT2D eigenvalue weighted by atomic mass is 79.9. The molecule has 4 heteroatoms. The molecule has 0 atom stereocenters. The summed E-state index contributed by atoms with van der Waals surface area (Å²) in [6.45, 7) is 4.42. The standard InChI is InChI=1S/C22H20BrNO2/c1-15-7-5-11-20(16(15)2)24-22(25)19-10-3-4-12-21(19)26-14-17-8-6-9-18(23)13-17/h3-13H,14H2,1-2H3,(H,24,25). The molecule has 0 aromatic heterocycles. The Bertz CT molecular complexity index is 937. The molecule has 3 rings (SSSR count). The summed E-state index contributed by atoms with van der Waals surface area (Å²) in [5, 5.41) is 2.99. The number of ether oxygens (including phenoxy) is 1. The molecule has 0 aliphatic carbocycles. The molecule has 3 aromatic rings. The van der Waals surface area contributed by atoms with Crippen LogP contribution in [0.15, 0.2) is 71.2 Å². The molecule has 0 saturated heterocycles. The van der Waals surface area contributed by atoms with Crippen LogP contribution < -0.4 is 10.1 Å². The van der Waals surface area contributed by atoms with Gasteiger partial charge in [0.2, 0.25) is 0 Å². The van der Waals surface area contributed by atoms with Gasteiger partial charge < -0.3 is 10.1 Å². The smallest absolute Gasteiger partial charge is 0.259 e. The highest BCUT2D eigenvalue weighted by Gasteiger charge is 2.14. The summed E-state index contributed by atoms with van der Waals surface area (Å²) in [6.07, 6.45) is 0. The Morgan fingerprint density at radius 2 is 1.77 bits per heavy atom. The molecule has 26 heavy (non-hydrogen) atoms. The minimum absolute atomic E-state index is 0.177. The van der Waals surface area contributed by atoms with Crippen molar-refractivity contribution in [1.82, 2.24) is 0 Å². The number of carbonyl (C=O) groups is 1. The zero-order valence-corrected chi connectivity index (χ0v) is 16.3. The zero-order valence-electron chi connectivity index (χ0n) is 14.8. The van der Waals surface area contributed by atoms with Crippen LogP contribution in [-0.4, -0.2) is 5.91 Å². The topological polar surface area (TPSA) is 38.3 Å². The highest BCUT2D eigenvalue weighted by molar-refractivity contribution is 9.10. The van der Waals surface area contributed by atoms with Crippen molar-refractivity contribution in [1.29, 1.82) is 0 Å². The molecule has 1 amide bonds. The molecule has 0 unspecified atom stereocenters. The third-order valence-corrected chi connectivity index (χ3v) is 4.76. The van der Waals surface area contributed by atoms with E-state index in [0.717, 1.165) is 26.9 Å². The summed E-state index contributed by atoms with van der Waals surface area (Å²) in [5.74, 6) is 0.388. The van der Waals surface area contributed by atoms with E-state index in [0.29, 0.717) is 17.9 Å². The van der Waals surface area contributed by atoms with Crippen molar-refractivity contribution < 1.29 is 9.53 Å². The average Bonchev–Trinajstić information content (AvgIpc) is 2.64. The predicted molar refractivity (Wildman–Crippen MR) is 109 cm³/mol. The Morgan fingerprint density at radius 3 is 2.58 bits per heavy atom. The summed E-state index contributed by atoms with van der Waals surface area (Å²) in [7, 11) is 0. The van der Waals surface area contributed by atoms with Gasteiger partial charge in [-0.15, -0.1) is 0 Å². The van der Waals surface area contributed by atoms with Crippen LogP contribution in [0, 0.1) is 13.8 Å². The lowest BCUT2D eigenvalue weighted by Crippen LogP contribution is -2.14. The number of halogens is 1. The number of anilines is 1. The lowest BCUT2D eigenvalue weighted by Gasteiger charge is -2.14. The first-order chi connectivity index (χ1) is 12.5. The molecule has 3 nitrogen and oxygen atoms in total. The van der Waals surface area contributed by atoms with Gasteiger partial charge in [0.05, 0.1) is 5.56 Å². The van der Waals surface area contributed by atoms with Crippen molar-refractivity contribution in [3.05, 3.63) is 93.5 Å². The Kier molecular flexibility index (Phi) is 5.74. The summed E-state index contributed by atoms with van der Waals surface area (Å²) < 4.78 is 6.91. The minimum atomic E-state index is -0.177. The molecule has 3 aromatic carbocycles. The number of hydrogen-bond acceptors (Lipinski definition) is 2. The fourth-order valence-corrected chi connectivity index (χ4v) is 3.09. The van der Waals surface area contributed by atoms with Crippen LogP contribution in [0.3, 0.4) is 0 Å². The Balaban J connectivity index is 1.78. The summed E-state index contributed by atoms with van der Waals surface area (Å²) in [6, 6.07) is 21.1. The number of amides is 1. The van der Waals surface area contributed by atoms with Gasteiger partial charge in [-0.1, -0.05) is 52.3 Å². The third kappa shape index (κ3) is 4.33. The maximum atomic E-state index is 12.8. The molecule has 0 spiro atoms. The predicted octanol–water partition coefficient (Wildman–Crippen LogP) is 5.90. The Hall–Kier alpha value is -2.59. The van der Waals surface area contributed by atoms with E-state index in [2.05, 4.69) is 21.2 Å². The van der Waals surface area contributed by atoms with Crippen LogP contribution in [-0.2, 0) is 6.61 Å². The van der Waals surface area contributed by atoms with Gasteiger partial charge in [0.25, 0.3) is 5.91 Å². The maximum Gasteiger partial charge on any atom is 0.259 e. The van der Waals surface area contributed by atoms with E-state index in [1.165, 1.54) is 0 Å². The second-order valence-corrected chi connectivity index (χ2v) is 7.03. The van der Waals surface area contributed by atoms with Crippen molar-refractivity contribution >= 4 is 27.5 Å². The first-order valence-corrected chi connectivity index (χ1v) is 9.18. The fraction of sp³-hybridized carbons (Fsp3) is 0.136. The second-order valence-electron chi connectivity index (χ2n) is 6.12. The zero-order chi connectivity index (χ0) is 18.5. The average molecular weight is 410 g/mol. The van der Waals surface area contributed by atoms with Crippen LogP contribution in [0.25, 0.3) is 0 Å². The quantitative estimate of drug-likeness (QED) is 0.569. The monoisotopic (exact) mass is 409 g/mol. The van der Waals surface area contributed by atoms with Crippen molar-refractivity contribution in [2.24, 2.45) is 0 Å². The van der Waals surface area contributed by atoms with Gasteiger partial charge in [-0.25, -0.2) is 0 Å². The van der Waals surface area contributed by atoms with Crippen LogP contribution in [0.4, 0.5) is 5.69 Å². The van der Waals surface area contributed by atoms with Gasteiger partial charge in [0.15, 0.2) is 0 Å². The van der Waals surface area contributed by atoms with E-state index >= 15 is 0 Å². The van der Waals surface area contributed by atoms with Gasteiger partial charge in [0.1, 0.15) is 12.4 Å². The lowest BCUT2D eigenvalue weighted by atomic mass is 10.1. The lowest BCUT2D eigenvalue weighted by molar-refractivity contribution is 0.102. The number of nitrogens with one attached hydrogen (secondary N) is 1. The molecule has 0 aliphatic heterocycles. The number of benzene rings is 3. The van der Waals surface area contributed by atoms with E-state index in [4.69, 9.17) is 4.74 Å². The number of hydrogen-bond donors (Lipinski definition) is 1. The SMILES string of the molecule is Cc1cccc(NC(=O)c2ccccc2OCc2cccc(Br)c2)c1C. The van der Waals surface area contributed by atoms with Gasteiger partial charge in [-0.3, -0.25) is 4.79 Å². The Morgan fingerprint density at radius 1 is 1.00 bits per heavy atom. The van der Waals surface area contributed by atoms with E-state index in [1.807, 2.05) is 74.5 Å². The van der Waals surface area contributed by atoms with Crippen molar-refractivity contribution in [3.63, 3.8) is 0 Å². The largest absolute Gasteiger partial charge is 0.488 e. The third-order valence-electron chi connectivity index (χ3n) is 4.27. The molecular formula is C22H20BrNO2. The van der Waals surface area contributed by atoms with Crippen LogP contribution in [0.5, 0.6) is 5.75 Å². The molecule has 1 N–H and O–H groups in total. The van der Waals surface area contributed by atoms with E-state index < -0.39 is 0 Å². The number of aryl methyl sites for hydroxylation is 1. The van der Waals surface area contributed by atoms with Crippen molar-refractivity contribution in [2.45, 2.75) is 20.5 Å². The molecule has 0 heterocycles. The molecule has 0 fully saturated rings. The van der Waals surface area contributed by atoms with E-state index in [-0.39, 0.29) is 5.91 Å². The van der Waals surface area contributed by atoms with E-state index in [9.17, 15) is 4.79 Å². The van der Waals surface area contributed by atoms with Gasteiger partial charge in [-0.05, 0) is 60.9 Å². The van der Waals surface area contributed by atoms with Crippen LogP contribution in [0.2, 0.25) is 0 Å². The minimum Gasteiger partial charge on any atom is -0.488 e.